The molecule has 2 unspecified atom stereocenters. The zero-order valence-corrected chi connectivity index (χ0v) is 9.06. The van der Waals surface area contributed by atoms with Crippen molar-refractivity contribution in [2.75, 3.05) is 0 Å². The first-order chi connectivity index (χ1) is 5.58. The molecule has 0 aromatic carbocycles. The van der Waals surface area contributed by atoms with Gasteiger partial charge >= 0.3 is 0 Å². The lowest BCUT2D eigenvalue weighted by Crippen LogP contribution is -1.96. The Hall–Kier alpha value is -0.130. The predicted molar refractivity (Wildman–Crippen MR) is 54.9 cm³/mol. The molecule has 1 saturated carbocycles. The summed E-state index contributed by atoms with van der Waals surface area (Å²) < 4.78 is 0. The van der Waals surface area contributed by atoms with Crippen LogP contribution in [0.2, 0.25) is 0 Å². The van der Waals surface area contributed by atoms with Crippen molar-refractivity contribution < 1.29 is 0 Å². The van der Waals surface area contributed by atoms with E-state index in [4.69, 9.17) is 0 Å². The van der Waals surface area contributed by atoms with Gasteiger partial charge in [0.2, 0.25) is 0 Å². The van der Waals surface area contributed by atoms with Crippen LogP contribution in [-0.4, -0.2) is 0 Å². The molecule has 0 radical (unpaired) electrons. The van der Waals surface area contributed by atoms with Crippen LogP contribution >= 0.6 is 0 Å². The second-order valence-electron chi connectivity index (χ2n) is 5.06. The number of hydrogen-bond donors (Lipinski definition) is 0. The van der Waals surface area contributed by atoms with Crippen molar-refractivity contribution in [3.63, 3.8) is 0 Å². The van der Waals surface area contributed by atoms with Gasteiger partial charge in [-0.1, -0.05) is 34.1 Å². The first-order valence-corrected chi connectivity index (χ1v) is 5.40. The number of hydrogen-bond acceptors (Lipinski definition) is 0. The van der Waals surface area contributed by atoms with Crippen molar-refractivity contribution in [3.05, 3.63) is 6.42 Å². The second kappa shape index (κ2) is 3.72. The SMILES string of the molecule is CCC1(C)CC1C[CH+]CC(C)C. The van der Waals surface area contributed by atoms with Gasteiger partial charge in [-0.15, -0.1) is 0 Å². The Balaban J connectivity index is 2.04. The molecule has 0 heteroatoms. The molecule has 0 amide bonds. The lowest BCUT2D eigenvalue weighted by molar-refractivity contribution is 0.473. The molecule has 2 atom stereocenters. The molecule has 1 aliphatic carbocycles. The van der Waals surface area contributed by atoms with Gasteiger partial charge in [0.25, 0.3) is 0 Å². The molecule has 12 heavy (non-hydrogen) atoms. The maximum Gasteiger partial charge on any atom is 0.0909 e. The summed E-state index contributed by atoms with van der Waals surface area (Å²) >= 11 is 0. The minimum atomic E-state index is 0.716. The highest BCUT2D eigenvalue weighted by Crippen LogP contribution is 2.56. The highest BCUT2D eigenvalue weighted by molar-refractivity contribution is 4.99. The van der Waals surface area contributed by atoms with Crippen LogP contribution in [0.4, 0.5) is 0 Å². The van der Waals surface area contributed by atoms with Crippen molar-refractivity contribution >= 4 is 0 Å². The van der Waals surface area contributed by atoms with Crippen molar-refractivity contribution in [2.24, 2.45) is 17.3 Å². The van der Waals surface area contributed by atoms with E-state index >= 15 is 0 Å². The summed E-state index contributed by atoms with van der Waals surface area (Å²) in [5, 5.41) is 0. The molecular formula is C12H23+. The van der Waals surface area contributed by atoms with Crippen LogP contribution in [-0.2, 0) is 0 Å². The molecular weight excluding hydrogens is 144 g/mol. The zero-order valence-electron chi connectivity index (χ0n) is 9.06. The van der Waals surface area contributed by atoms with Crippen LogP contribution in [0.5, 0.6) is 0 Å². The lowest BCUT2D eigenvalue weighted by atomic mass is 9.98. The predicted octanol–water partition coefficient (Wildman–Crippen LogP) is 4.06. The molecule has 0 nitrogen and oxygen atoms in total. The van der Waals surface area contributed by atoms with Gasteiger partial charge in [-0.2, -0.15) is 0 Å². The lowest BCUT2D eigenvalue weighted by Gasteiger charge is -2.03. The summed E-state index contributed by atoms with van der Waals surface area (Å²) in [6, 6.07) is 0. The molecule has 0 aromatic heterocycles. The van der Waals surface area contributed by atoms with Crippen LogP contribution in [0.15, 0.2) is 0 Å². The summed E-state index contributed by atoms with van der Waals surface area (Å²) in [4.78, 5) is 0. The average molecular weight is 167 g/mol. The van der Waals surface area contributed by atoms with Gasteiger partial charge in [0, 0.05) is 5.92 Å². The van der Waals surface area contributed by atoms with Crippen LogP contribution in [0, 0.1) is 23.7 Å². The smallest absolute Gasteiger partial charge is 0.0648 e. The highest BCUT2D eigenvalue weighted by Gasteiger charge is 2.49. The van der Waals surface area contributed by atoms with E-state index < -0.39 is 0 Å². The van der Waals surface area contributed by atoms with Crippen molar-refractivity contribution in [3.8, 4) is 0 Å². The molecule has 0 bridgehead atoms. The molecule has 0 N–H and O–H groups in total. The molecule has 0 aromatic rings. The first-order valence-electron chi connectivity index (χ1n) is 5.40. The van der Waals surface area contributed by atoms with Gasteiger partial charge in [0.1, 0.15) is 0 Å². The maximum absolute atomic E-state index is 2.50. The molecule has 70 valence electrons. The quantitative estimate of drug-likeness (QED) is 0.542. The van der Waals surface area contributed by atoms with Gasteiger partial charge in [-0.25, -0.2) is 0 Å². The number of rotatable bonds is 5. The van der Waals surface area contributed by atoms with Gasteiger partial charge in [-0.3, -0.25) is 0 Å². The highest BCUT2D eigenvalue weighted by atomic mass is 14.5. The summed E-state index contributed by atoms with van der Waals surface area (Å²) in [5.41, 5.74) is 0.716. The third-order valence-corrected chi connectivity index (χ3v) is 3.44. The Morgan fingerprint density at radius 2 is 2.17 bits per heavy atom. The van der Waals surface area contributed by atoms with Crippen LogP contribution in [0.25, 0.3) is 0 Å². The van der Waals surface area contributed by atoms with E-state index in [0.29, 0.717) is 5.41 Å². The average Bonchev–Trinajstić information content (AvgIpc) is 2.63. The molecule has 1 fully saturated rings. The fourth-order valence-corrected chi connectivity index (χ4v) is 1.94. The Bertz CT molecular complexity index is 137. The summed E-state index contributed by atoms with van der Waals surface area (Å²) in [6.45, 7) is 9.34. The van der Waals surface area contributed by atoms with E-state index in [1.807, 2.05) is 0 Å². The normalized spacial score (nSPS) is 33.9. The van der Waals surface area contributed by atoms with Gasteiger partial charge in [-0.05, 0) is 17.8 Å². The standard InChI is InChI=1S/C12H23/c1-5-12(4)9-11(12)8-6-7-10(2)3/h6,10-11H,5,7-9H2,1-4H3/q+1. The Labute approximate surface area is 77.7 Å². The van der Waals surface area contributed by atoms with Crippen LogP contribution < -0.4 is 0 Å². The van der Waals surface area contributed by atoms with Gasteiger partial charge in [0.15, 0.2) is 0 Å². The minimum absolute atomic E-state index is 0.716. The third kappa shape index (κ3) is 2.43. The summed E-state index contributed by atoms with van der Waals surface area (Å²) in [5.74, 6) is 1.86. The fraction of sp³-hybridized carbons (Fsp3) is 0.917. The van der Waals surface area contributed by atoms with Crippen molar-refractivity contribution in [1.82, 2.24) is 0 Å². The topological polar surface area (TPSA) is 0 Å². The van der Waals surface area contributed by atoms with Crippen LogP contribution in [0.1, 0.15) is 53.4 Å². The van der Waals surface area contributed by atoms with Crippen molar-refractivity contribution in [1.29, 1.82) is 0 Å². The van der Waals surface area contributed by atoms with Gasteiger partial charge in [0.05, 0.1) is 19.3 Å². The molecule has 0 spiro atoms. The van der Waals surface area contributed by atoms with Crippen molar-refractivity contribution in [2.45, 2.75) is 53.4 Å². The Morgan fingerprint density at radius 1 is 1.50 bits per heavy atom. The van der Waals surface area contributed by atoms with E-state index in [1.165, 1.54) is 25.7 Å². The Morgan fingerprint density at radius 3 is 2.58 bits per heavy atom. The van der Waals surface area contributed by atoms with E-state index in [0.717, 1.165) is 11.8 Å². The maximum atomic E-state index is 2.50. The fourth-order valence-electron chi connectivity index (χ4n) is 1.94. The molecule has 1 rings (SSSR count). The third-order valence-electron chi connectivity index (χ3n) is 3.44. The molecule has 0 saturated heterocycles. The van der Waals surface area contributed by atoms with E-state index in [2.05, 4.69) is 34.1 Å². The van der Waals surface area contributed by atoms with Crippen LogP contribution in [0.3, 0.4) is 0 Å². The summed E-state index contributed by atoms with van der Waals surface area (Å²) in [6.07, 6.45) is 8.00. The zero-order chi connectivity index (χ0) is 9.19. The summed E-state index contributed by atoms with van der Waals surface area (Å²) in [7, 11) is 0. The molecule has 0 heterocycles. The molecule has 0 aliphatic heterocycles. The molecule has 1 aliphatic rings. The van der Waals surface area contributed by atoms with E-state index in [1.54, 1.807) is 0 Å². The Kier molecular flexibility index (Phi) is 3.09. The minimum Gasteiger partial charge on any atom is -0.0648 e. The van der Waals surface area contributed by atoms with Gasteiger partial charge < -0.3 is 0 Å². The van der Waals surface area contributed by atoms with E-state index in [-0.39, 0.29) is 0 Å². The van der Waals surface area contributed by atoms with E-state index in [9.17, 15) is 0 Å². The first kappa shape index (κ1) is 9.95. The monoisotopic (exact) mass is 167 g/mol. The second-order valence-corrected chi connectivity index (χ2v) is 5.06. The largest absolute Gasteiger partial charge is 0.0909 e.